The van der Waals surface area contributed by atoms with Gasteiger partial charge in [0.1, 0.15) is 0 Å². The number of nitrogens with zero attached hydrogens (tertiary/aromatic N) is 2. The number of hydrogen-bond acceptors (Lipinski definition) is 4. The zero-order chi connectivity index (χ0) is 15.7. The van der Waals surface area contributed by atoms with Crippen LogP contribution in [0.3, 0.4) is 0 Å². The lowest BCUT2D eigenvalue weighted by molar-refractivity contribution is -0.139. The van der Waals surface area contributed by atoms with E-state index in [9.17, 15) is 21.6 Å². The average Bonchev–Trinajstić information content (AvgIpc) is 2.38. The first kappa shape index (κ1) is 15.5. The van der Waals surface area contributed by atoms with E-state index in [4.69, 9.17) is 11.6 Å². The molecule has 1 aromatic heterocycles. The molecule has 1 N–H and O–H groups in total. The van der Waals surface area contributed by atoms with Crippen molar-refractivity contribution in [3.8, 4) is 0 Å². The molecular formula is C11H7ClF3N3O2S. The first-order valence-electron chi connectivity index (χ1n) is 5.37. The van der Waals surface area contributed by atoms with Gasteiger partial charge in [-0.05, 0) is 24.3 Å². The molecule has 2 rings (SSSR count). The summed E-state index contributed by atoms with van der Waals surface area (Å²) in [6, 6.07) is 3.80. The molecule has 112 valence electrons. The second kappa shape index (κ2) is 5.49. The van der Waals surface area contributed by atoms with E-state index in [1.807, 2.05) is 4.72 Å². The molecule has 0 spiro atoms. The molecule has 0 radical (unpaired) electrons. The Morgan fingerprint density at radius 2 is 1.76 bits per heavy atom. The van der Waals surface area contributed by atoms with E-state index >= 15 is 0 Å². The maximum absolute atomic E-state index is 12.9. The number of hydrogen-bond donors (Lipinski definition) is 1. The van der Waals surface area contributed by atoms with Crippen LogP contribution in [-0.2, 0) is 16.2 Å². The van der Waals surface area contributed by atoms with E-state index in [1.165, 1.54) is 18.5 Å². The maximum Gasteiger partial charge on any atom is 0.417 e. The van der Waals surface area contributed by atoms with Crippen LogP contribution in [0.25, 0.3) is 0 Å². The molecule has 21 heavy (non-hydrogen) atoms. The van der Waals surface area contributed by atoms with E-state index in [2.05, 4.69) is 9.97 Å². The highest BCUT2D eigenvalue weighted by molar-refractivity contribution is 7.92. The topological polar surface area (TPSA) is 72.0 Å². The molecule has 0 atom stereocenters. The van der Waals surface area contributed by atoms with Crippen molar-refractivity contribution in [1.82, 2.24) is 9.97 Å². The summed E-state index contributed by atoms with van der Waals surface area (Å²) in [6.45, 7) is 0. The van der Waals surface area contributed by atoms with Crippen molar-refractivity contribution in [1.29, 1.82) is 0 Å². The molecule has 0 saturated carbocycles. The van der Waals surface area contributed by atoms with Gasteiger partial charge in [-0.2, -0.15) is 13.2 Å². The molecule has 10 heteroatoms. The average molecular weight is 338 g/mol. The van der Waals surface area contributed by atoms with Gasteiger partial charge < -0.3 is 0 Å². The van der Waals surface area contributed by atoms with E-state index in [0.717, 1.165) is 12.1 Å². The van der Waals surface area contributed by atoms with Crippen LogP contribution < -0.4 is 4.72 Å². The predicted molar refractivity (Wildman–Crippen MR) is 69.3 cm³/mol. The van der Waals surface area contributed by atoms with Gasteiger partial charge in [-0.3, -0.25) is 0 Å². The fourth-order valence-corrected chi connectivity index (χ4v) is 2.82. The van der Waals surface area contributed by atoms with Crippen molar-refractivity contribution in [2.75, 3.05) is 4.72 Å². The SMILES string of the molecule is O=S(=O)(Nc1ncccn1)c1ccc(Cl)cc1C(F)(F)F. The van der Waals surface area contributed by atoms with Gasteiger partial charge in [-0.25, -0.2) is 23.1 Å². The number of nitrogens with one attached hydrogen (secondary N) is 1. The van der Waals surface area contributed by atoms with Gasteiger partial charge >= 0.3 is 6.18 Å². The third-order valence-corrected chi connectivity index (χ3v) is 3.95. The minimum Gasteiger partial charge on any atom is -0.247 e. The van der Waals surface area contributed by atoms with Crippen LogP contribution in [0.15, 0.2) is 41.6 Å². The van der Waals surface area contributed by atoms with Crippen LogP contribution in [0, 0.1) is 0 Å². The second-order valence-electron chi connectivity index (χ2n) is 3.82. The van der Waals surface area contributed by atoms with Crippen molar-refractivity contribution in [2.24, 2.45) is 0 Å². The van der Waals surface area contributed by atoms with Crippen molar-refractivity contribution < 1.29 is 21.6 Å². The first-order valence-corrected chi connectivity index (χ1v) is 7.23. The van der Waals surface area contributed by atoms with Crippen molar-refractivity contribution in [3.63, 3.8) is 0 Å². The zero-order valence-electron chi connectivity index (χ0n) is 10.1. The third kappa shape index (κ3) is 3.61. The Balaban J connectivity index is 2.50. The largest absolute Gasteiger partial charge is 0.417 e. The summed E-state index contributed by atoms with van der Waals surface area (Å²) < 4.78 is 64.7. The lowest BCUT2D eigenvalue weighted by Gasteiger charge is -2.14. The van der Waals surface area contributed by atoms with Gasteiger partial charge in [0.2, 0.25) is 5.95 Å². The first-order chi connectivity index (χ1) is 9.70. The lowest BCUT2D eigenvalue weighted by atomic mass is 10.2. The van der Waals surface area contributed by atoms with Gasteiger partial charge in [0.05, 0.1) is 10.5 Å². The summed E-state index contributed by atoms with van der Waals surface area (Å²) in [5, 5.41) is -0.225. The van der Waals surface area contributed by atoms with Crippen molar-refractivity contribution >= 4 is 27.6 Å². The van der Waals surface area contributed by atoms with Gasteiger partial charge in [-0.1, -0.05) is 11.6 Å². The van der Waals surface area contributed by atoms with Crippen molar-refractivity contribution in [3.05, 3.63) is 47.2 Å². The molecule has 1 aromatic carbocycles. The number of anilines is 1. The van der Waals surface area contributed by atoms with Crippen LogP contribution in [0.5, 0.6) is 0 Å². The quantitative estimate of drug-likeness (QED) is 0.934. The lowest BCUT2D eigenvalue weighted by Crippen LogP contribution is -2.20. The highest BCUT2D eigenvalue weighted by Crippen LogP contribution is 2.36. The van der Waals surface area contributed by atoms with Crippen LogP contribution in [0.4, 0.5) is 19.1 Å². The Labute approximate surface area is 122 Å². The molecule has 0 amide bonds. The molecule has 0 aliphatic heterocycles. The fourth-order valence-electron chi connectivity index (χ4n) is 1.49. The molecule has 0 fully saturated rings. The maximum atomic E-state index is 12.9. The Morgan fingerprint density at radius 3 is 2.33 bits per heavy atom. The standard InChI is InChI=1S/C11H7ClF3N3O2S/c12-7-2-3-9(8(6-7)11(13,14)15)21(19,20)18-10-16-4-1-5-17-10/h1-6H,(H,16,17,18). The van der Waals surface area contributed by atoms with E-state index < -0.39 is 26.7 Å². The molecule has 0 aliphatic carbocycles. The van der Waals surface area contributed by atoms with Gasteiger partial charge in [-0.15, -0.1) is 0 Å². The summed E-state index contributed by atoms with van der Waals surface area (Å²) >= 11 is 5.49. The zero-order valence-corrected chi connectivity index (χ0v) is 11.7. The molecule has 0 unspecified atom stereocenters. The molecular weight excluding hydrogens is 331 g/mol. The van der Waals surface area contributed by atoms with E-state index in [0.29, 0.717) is 6.07 Å². The number of halogens is 4. The Kier molecular flexibility index (Phi) is 4.06. The Bertz CT molecular complexity index is 751. The smallest absolute Gasteiger partial charge is 0.247 e. The van der Waals surface area contributed by atoms with Gasteiger partial charge in [0.15, 0.2) is 0 Å². The molecule has 0 aliphatic rings. The summed E-state index contributed by atoms with van der Waals surface area (Å²) in [6.07, 6.45) is -2.37. The number of alkyl halides is 3. The van der Waals surface area contributed by atoms with E-state index in [1.54, 1.807) is 0 Å². The number of benzene rings is 1. The fraction of sp³-hybridized carbons (Fsp3) is 0.0909. The van der Waals surface area contributed by atoms with Crippen LogP contribution in [-0.4, -0.2) is 18.4 Å². The highest BCUT2D eigenvalue weighted by Gasteiger charge is 2.37. The highest BCUT2D eigenvalue weighted by atomic mass is 35.5. The van der Waals surface area contributed by atoms with Crippen LogP contribution in [0.2, 0.25) is 5.02 Å². The minimum absolute atomic E-state index is 0.225. The molecule has 5 nitrogen and oxygen atoms in total. The Hall–Kier alpha value is -1.87. The summed E-state index contributed by atoms with van der Waals surface area (Å²) in [5.41, 5.74) is -1.36. The number of aromatic nitrogens is 2. The summed E-state index contributed by atoms with van der Waals surface area (Å²) in [5.74, 6) is -0.333. The molecule has 0 saturated heterocycles. The molecule has 0 bridgehead atoms. The second-order valence-corrected chi connectivity index (χ2v) is 5.90. The monoisotopic (exact) mass is 337 g/mol. The number of sulfonamides is 1. The van der Waals surface area contributed by atoms with Crippen LogP contribution >= 0.6 is 11.6 Å². The number of rotatable bonds is 3. The molecule has 1 heterocycles. The van der Waals surface area contributed by atoms with E-state index in [-0.39, 0.29) is 11.0 Å². The summed E-state index contributed by atoms with van der Waals surface area (Å²) in [7, 11) is -4.50. The third-order valence-electron chi connectivity index (χ3n) is 2.33. The van der Waals surface area contributed by atoms with Crippen molar-refractivity contribution in [2.45, 2.75) is 11.1 Å². The minimum atomic E-state index is -4.87. The predicted octanol–water partition coefficient (Wildman–Crippen LogP) is 2.95. The van der Waals surface area contributed by atoms with Gasteiger partial charge in [0.25, 0.3) is 10.0 Å². The Morgan fingerprint density at radius 1 is 1.14 bits per heavy atom. The summed E-state index contributed by atoms with van der Waals surface area (Å²) in [4.78, 5) is 6.23. The molecule has 2 aromatic rings. The van der Waals surface area contributed by atoms with Gasteiger partial charge in [0, 0.05) is 17.4 Å². The van der Waals surface area contributed by atoms with Crippen LogP contribution in [0.1, 0.15) is 5.56 Å². The normalized spacial score (nSPS) is 12.2.